The van der Waals surface area contributed by atoms with Crippen LogP contribution in [-0.2, 0) is 9.53 Å². The number of esters is 1. The molecule has 1 N–H and O–H groups in total. The number of carbonyl (C=O) groups excluding carboxylic acids is 2. The number of rotatable bonds is 6. The normalized spacial score (nSPS) is 17.6. The van der Waals surface area contributed by atoms with Gasteiger partial charge >= 0.3 is 12.0 Å². The van der Waals surface area contributed by atoms with Gasteiger partial charge in [0.2, 0.25) is 0 Å². The minimum Gasteiger partial charge on any atom is -0.462 e. The highest BCUT2D eigenvalue weighted by molar-refractivity contribution is 6.42. The molecular formula is C18H22Cl2N2O3. The van der Waals surface area contributed by atoms with Crippen molar-refractivity contribution in [1.29, 1.82) is 0 Å². The molecule has 0 saturated heterocycles. The van der Waals surface area contributed by atoms with E-state index in [4.69, 9.17) is 27.9 Å². The Morgan fingerprint density at radius 2 is 2.00 bits per heavy atom. The molecule has 1 aliphatic rings. The zero-order valence-corrected chi connectivity index (χ0v) is 16.1. The largest absolute Gasteiger partial charge is 0.462 e. The number of ether oxygens (including phenoxy) is 1. The van der Waals surface area contributed by atoms with E-state index in [1.807, 2.05) is 0 Å². The zero-order chi connectivity index (χ0) is 18.6. The van der Waals surface area contributed by atoms with Gasteiger partial charge in [0.25, 0.3) is 0 Å². The van der Waals surface area contributed by atoms with Crippen LogP contribution in [0, 0.1) is 0 Å². The lowest BCUT2D eigenvalue weighted by molar-refractivity contribution is -0.139. The lowest BCUT2D eigenvalue weighted by Gasteiger charge is -2.33. The summed E-state index contributed by atoms with van der Waals surface area (Å²) in [5, 5.41) is 3.59. The van der Waals surface area contributed by atoms with Gasteiger partial charge in [0.05, 0.1) is 28.3 Å². The molecule has 0 bridgehead atoms. The monoisotopic (exact) mass is 384 g/mol. The molecule has 0 radical (unpaired) electrons. The molecule has 0 saturated carbocycles. The second-order valence-corrected chi connectivity index (χ2v) is 6.77. The van der Waals surface area contributed by atoms with E-state index in [9.17, 15) is 9.59 Å². The Bertz CT molecular complexity index is 704. The molecule has 1 aliphatic heterocycles. The van der Waals surface area contributed by atoms with Gasteiger partial charge < -0.3 is 15.0 Å². The standard InChI is InChI=1S/C18H22Cl2N2O3/c1-4-5-6-9-25-17(23)15-11(2)22(3)18(24)21-16(15)12-7-8-13(19)14(20)10-12/h7-8,10,16H,4-6,9H2,1-3H3,(H,21,24)/t16-/m1/s1. The van der Waals surface area contributed by atoms with Crippen LogP contribution in [0.2, 0.25) is 10.0 Å². The lowest BCUT2D eigenvalue weighted by Crippen LogP contribution is -2.46. The number of urea groups is 1. The molecule has 5 nitrogen and oxygen atoms in total. The first-order chi connectivity index (χ1) is 11.9. The van der Waals surface area contributed by atoms with Crippen LogP contribution in [0.4, 0.5) is 4.79 Å². The molecule has 0 aliphatic carbocycles. The first-order valence-corrected chi connectivity index (χ1v) is 8.99. The lowest BCUT2D eigenvalue weighted by atomic mass is 9.95. The fourth-order valence-corrected chi connectivity index (χ4v) is 2.94. The van der Waals surface area contributed by atoms with Crippen LogP contribution in [0.3, 0.4) is 0 Å². The van der Waals surface area contributed by atoms with Gasteiger partial charge in [0.15, 0.2) is 0 Å². The smallest absolute Gasteiger partial charge is 0.338 e. The number of amides is 2. The van der Waals surface area contributed by atoms with Gasteiger partial charge in [-0.3, -0.25) is 0 Å². The summed E-state index contributed by atoms with van der Waals surface area (Å²) in [4.78, 5) is 26.2. The van der Waals surface area contributed by atoms with Crippen LogP contribution in [0.15, 0.2) is 29.5 Å². The predicted molar refractivity (Wildman–Crippen MR) is 98.7 cm³/mol. The van der Waals surface area contributed by atoms with Crippen LogP contribution in [0.1, 0.15) is 44.7 Å². The van der Waals surface area contributed by atoms with E-state index >= 15 is 0 Å². The Balaban J connectivity index is 2.33. The van der Waals surface area contributed by atoms with Crippen LogP contribution in [-0.4, -0.2) is 30.6 Å². The molecule has 1 atom stereocenters. The molecule has 1 aromatic carbocycles. The van der Waals surface area contributed by atoms with E-state index in [2.05, 4.69) is 12.2 Å². The van der Waals surface area contributed by atoms with Crippen molar-refractivity contribution in [3.05, 3.63) is 45.1 Å². The van der Waals surface area contributed by atoms with Crippen molar-refractivity contribution < 1.29 is 14.3 Å². The zero-order valence-electron chi connectivity index (χ0n) is 14.6. The second kappa shape index (κ2) is 8.59. The summed E-state index contributed by atoms with van der Waals surface area (Å²) in [6.45, 7) is 4.17. The number of halogens is 2. The maximum atomic E-state index is 12.6. The molecule has 0 unspecified atom stereocenters. The molecule has 0 fully saturated rings. The maximum Gasteiger partial charge on any atom is 0.338 e. The number of nitrogens with one attached hydrogen (secondary N) is 1. The molecule has 1 aromatic rings. The minimum absolute atomic E-state index is 0.295. The molecule has 136 valence electrons. The minimum atomic E-state index is -0.628. The Labute approximate surface area is 157 Å². The molecule has 25 heavy (non-hydrogen) atoms. The van der Waals surface area contributed by atoms with E-state index in [0.717, 1.165) is 19.3 Å². The Morgan fingerprint density at radius 3 is 2.64 bits per heavy atom. The Hall–Kier alpha value is -1.72. The van der Waals surface area contributed by atoms with Gasteiger partial charge in [-0.15, -0.1) is 0 Å². The molecular weight excluding hydrogens is 363 g/mol. The van der Waals surface area contributed by atoms with Crippen LogP contribution < -0.4 is 5.32 Å². The third kappa shape index (κ3) is 4.47. The summed E-state index contributed by atoms with van der Waals surface area (Å²) in [7, 11) is 1.61. The van der Waals surface area contributed by atoms with Crippen molar-refractivity contribution in [2.24, 2.45) is 0 Å². The second-order valence-electron chi connectivity index (χ2n) is 5.96. The van der Waals surface area contributed by atoms with Gasteiger partial charge in [-0.25, -0.2) is 9.59 Å². The van der Waals surface area contributed by atoms with E-state index < -0.39 is 12.0 Å². The van der Waals surface area contributed by atoms with Crippen LogP contribution in [0.5, 0.6) is 0 Å². The van der Waals surface area contributed by atoms with Gasteiger partial charge in [0, 0.05) is 12.7 Å². The predicted octanol–water partition coefficient (Wildman–Crippen LogP) is 4.70. The summed E-state index contributed by atoms with van der Waals surface area (Å²) < 4.78 is 5.41. The summed E-state index contributed by atoms with van der Waals surface area (Å²) in [5.74, 6) is -0.434. The first-order valence-electron chi connectivity index (χ1n) is 8.23. The number of hydrogen-bond donors (Lipinski definition) is 1. The van der Waals surface area contributed by atoms with Crippen LogP contribution >= 0.6 is 23.2 Å². The average Bonchev–Trinajstić information content (AvgIpc) is 2.58. The number of allylic oxidation sites excluding steroid dienone is 1. The molecule has 1 heterocycles. The highest BCUT2D eigenvalue weighted by Gasteiger charge is 2.35. The summed E-state index contributed by atoms with van der Waals surface area (Å²) in [6.07, 6.45) is 2.86. The number of nitrogens with zero attached hydrogens (tertiary/aromatic N) is 1. The third-order valence-corrected chi connectivity index (χ3v) is 4.97. The third-order valence-electron chi connectivity index (χ3n) is 4.23. The van der Waals surface area contributed by atoms with Gasteiger partial charge in [-0.1, -0.05) is 49.0 Å². The van der Waals surface area contributed by atoms with Crippen molar-refractivity contribution in [2.75, 3.05) is 13.7 Å². The number of unbranched alkanes of at least 4 members (excludes halogenated alkanes) is 2. The summed E-state index contributed by atoms with van der Waals surface area (Å²) >= 11 is 12.1. The highest BCUT2D eigenvalue weighted by atomic mass is 35.5. The Morgan fingerprint density at radius 1 is 1.28 bits per heavy atom. The van der Waals surface area contributed by atoms with Crippen LogP contribution in [0.25, 0.3) is 0 Å². The van der Waals surface area contributed by atoms with E-state index in [1.54, 1.807) is 32.2 Å². The van der Waals surface area contributed by atoms with E-state index in [0.29, 0.717) is 33.5 Å². The fraction of sp³-hybridized carbons (Fsp3) is 0.444. The number of hydrogen-bond acceptors (Lipinski definition) is 3. The van der Waals surface area contributed by atoms with Crippen molar-refractivity contribution in [2.45, 2.75) is 39.2 Å². The average molecular weight is 385 g/mol. The quantitative estimate of drug-likeness (QED) is 0.571. The topological polar surface area (TPSA) is 58.6 Å². The van der Waals surface area contributed by atoms with Gasteiger partial charge in [-0.05, 0) is 31.0 Å². The van der Waals surface area contributed by atoms with E-state index in [1.165, 1.54) is 4.90 Å². The van der Waals surface area contributed by atoms with Gasteiger partial charge in [0.1, 0.15) is 0 Å². The van der Waals surface area contributed by atoms with Crippen molar-refractivity contribution in [3.63, 3.8) is 0 Å². The van der Waals surface area contributed by atoms with Crippen molar-refractivity contribution in [3.8, 4) is 0 Å². The Kier molecular flexibility index (Phi) is 6.73. The van der Waals surface area contributed by atoms with Gasteiger partial charge in [-0.2, -0.15) is 0 Å². The summed E-state index contributed by atoms with van der Waals surface area (Å²) in [5.41, 5.74) is 1.63. The maximum absolute atomic E-state index is 12.6. The van der Waals surface area contributed by atoms with Crippen molar-refractivity contribution >= 4 is 35.2 Å². The highest BCUT2D eigenvalue weighted by Crippen LogP contribution is 2.33. The molecule has 0 spiro atoms. The van der Waals surface area contributed by atoms with E-state index in [-0.39, 0.29) is 6.03 Å². The molecule has 7 heteroatoms. The molecule has 2 amide bonds. The summed E-state index contributed by atoms with van der Waals surface area (Å²) in [6, 6.07) is 4.11. The fourth-order valence-electron chi connectivity index (χ4n) is 2.64. The first kappa shape index (κ1) is 19.6. The number of benzene rings is 1. The molecule has 0 aromatic heterocycles. The number of carbonyl (C=O) groups is 2. The molecule has 2 rings (SSSR count). The SMILES string of the molecule is CCCCCOC(=O)C1=C(C)N(C)C(=O)N[C@@H]1c1ccc(Cl)c(Cl)c1. The van der Waals surface area contributed by atoms with Crippen molar-refractivity contribution in [1.82, 2.24) is 10.2 Å².